The number of rotatable bonds is 5. The third-order valence-electron chi connectivity index (χ3n) is 5.44. The highest BCUT2D eigenvalue weighted by Crippen LogP contribution is 2.36. The first-order valence-corrected chi connectivity index (χ1v) is 9.69. The van der Waals surface area contributed by atoms with Crippen LogP contribution >= 0.6 is 0 Å². The highest BCUT2D eigenvalue weighted by atomic mass is 19.4. The summed E-state index contributed by atoms with van der Waals surface area (Å²) in [5.41, 5.74) is 1.30. The van der Waals surface area contributed by atoms with Gasteiger partial charge in [-0.05, 0) is 38.4 Å². The topological polar surface area (TPSA) is 51.9 Å². The third kappa shape index (κ3) is 3.81. The molecule has 1 aliphatic rings. The molecule has 9 heteroatoms. The number of ether oxygens (including phenoxy) is 2. The zero-order chi connectivity index (χ0) is 21.5. The molecular formula is C21H23F3N4O2. The Balaban J connectivity index is 1.67. The molecule has 1 atom stereocenters. The highest BCUT2D eigenvalue weighted by Gasteiger charge is 2.36. The van der Waals surface area contributed by atoms with E-state index in [1.54, 1.807) is 27.2 Å². The van der Waals surface area contributed by atoms with E-state index in [0.29, 0.717) is 29.4 Å². The number of halogens is 3. The number of likely N-dealkylation sites (tertiary alicyclic amines) is 1. The Bertz CT molecular complexity index is 1060. The second kappa shape index (κ2) is 7.79. The van der Waals surface area contributed by atoms with Crippen LogP contribution in [0.25, 0.3) is 5.65 Å². The van der Waals surface area contributed by atoms with E-state index in [-0.39, 0.29) is 11.7 Å². The van der Waals surface area contributed by atoms with E-state index >= 15 is 0 Å². The first kappa shape index (κ1) is 20.5. The minimum Gasteiger partial charge on any atom is -0.497 e. The molecule has 4 rings (SSSR count). The molecule has 0 amide bonds. The van der Waals surface area contributed by atoms with Gasteiger partial charge in [0.05, 0.1) is 26.0 Å². The molecule has 0 bridgehead atoms. The summed E-state index contributed by atoms with van der Waals surface area (Å²) >= 11 is 0. The van der Waals surface area contributed by atoms with Gasteiger partial charge in [0.15, 0.2) is 5.65 Å². The molecule has 1 aromatic carbocycles. The molecule has 0 aliphatic carbocycles. The molecule has 0 radical (unpaired) electrons. The average Bonchev–Trinajstić information content (AvgIpc) is 3.33. The van der Waals surface area contributed by atoms with E-state index in [0.717, 1.165) is 35.5 Å². The number of methoxy groups -OCH3 is 2. The molecule has 3 aromatic rings. The Morgan fingerprint density at radius 3 is 2.63 bits per heavy atom. The summed E-state index contributed by atoms with van der Waals surface area (Å²) in [6, 6.07) is 8.25. The number of nitrogens with zero attached hydrogens (tertiary/aromatic N) is 4. The van der Waals surface area contributed by atoms with Gasteiger partial charge in [-0.25, -0.2) is 9.50 Å². The Morgan fingerprint density at radius 1 is 1.13 bits per heavy atom. The van der Waals surface area contributed by atoms with E-state index in [4.69, 9.17) is 9.47 Å². The van der Waals surface area contributed by atoms with Crippen LogP contribution in [0.4, 0.5) is 13.2 Å². The smallest absolute Gasteiger partial charge is 0.433 e. The second-order valence-corrected chi connectivity index (χ2v) is 7.43. The van der Waals surface area contributed by atoms with Crippen molar-refractivity contribution in [2.75, 3.05) is 20.8 Å². The maximum absolute atomic E-state index is 13.5. The van der Waals surface area contributed by atoms with Crippen LogP contribution in [0.15, 0.2) is 30.3 Å². The number of hydrogen-bond acceptors (Lipinski definition) is 5. The third-order valence-corrected chi connectivity index (χ3v) is 5.44. The average molecular weight is 420 g/mol. The molecule has 1 saturated heterocycles. The first-order chi connectivity index (χ1) is 14.3. The number of aryl methyl sites for hydroxylation is 1. The van der Waals surface area contributed by atoms with E-state index in [1.807, 2.05) is 18.2 Å². The van der Waals surface area contributed by atoms with Gasteiger partial charge >= 0.3 is 6.18 Å². The van der Waals surface area contributed by atoms with Crippen LogP contribution in [0, 0.1) is 6.92 Å². The summed E-state index contributed by atoms with van der Waals surface area (Å²) in [4.78, 5) is 6.46. The van der Waals surface area contributed by atoms with Gasteiger partial charge in [-0.15, -0.1) is 0 Å². The van der Waals surface area contributed by atoms with Crippen molar-refractivity contribution in [2.24, 2.45) is 0 Å². The lowest BCUT2D eigenvalue weighted by Gasteiger charge is -2.24. The Labute approximate surface area is 172 Å². The van der Waals surface area contributed by atoms with Crippen molar-refractivity contribution in [1.29, 1.82) is 0 Å². The number of aromatic nitrogens is 3. The normalized spacial score (nSPS) is 17.6. The van der Waals surface area contributed by atoms with Crippen molar-refractivity contribution in [3.8, 4) is 11.5 Å². The van der Waals surface area contributed by atoms with Crippen LogP contribution in [0.1, 0.15) is 41.5 Å². The van der Waals surface area contributed by atoms with Crippen LogP contribution < -0.4 is 9.47 Å². The molecule has 2 aromatic heterocycles. The van der Waals surface area contributed by atoms with Crippen LogP contribution in [-0.4, -0.2) is 40.3 Å². The lowest BCUT2D eigenvalue weighted by Crippen LogP contribution is -2.23. The summed E-state index contributed by atoms with van der Waals surface area (Å²) in [6.45, 7) is 2.98. The Kier molecular flexibility index (Phi) is 5.31. The van der Waals surface area contributed by atoms with Crippen LogP contribution in [0.3, 0.4) is 0 Å². The van der Waals surface area contributed by atoms with Gasteiger partial charge in [-0.2, -0.15) is 18.3 Å². The molecule has 1 fully saturated rings. The fraction of sp³-hybridized carbons (Fsp3) is 0.429. The van der Waals surface area contributed by atoms with Gasteiger partial charge in [-0.3, -0.25) is 4.90 Å². The van der Waals surface area contributed by atoms with Crippen LogP contribution in [0.2, 0.25) is 0 Å². The van der Waals surface area contributed by atoms with Crippen molar-refractivity contribution in [1.82, 2.24) is 19.5 Å². The zero-order valence-electron chi connectivity index (χ0n) is 17.0. The SMILES string of the molecule is COc1ccc(CN2CCCC2c2cc3nc(C)cc(C(F)(F)F)n3n2)c(OC)c1. The van der Waals surface area contributed by atoms with Gasteiger partial charge in [0.1, 0.15) is 17.2 Å². The number of alkyl halides is 3. The van der Waals surface area contributed by atoms with Gasteiger partial charge in [0.25, 0.3) is 0 Å². The maximum atomic E-state index is 13.5. The molecule has 6 nitrogen and oxygen atoms in total. The van der Waals surface area contributed by atoms with Gasteiger partial charge in [0, 0.05) is 29.9 Å². The summed E-state index contributed by atoms with van der Waals surface area (Å²) in [6.07, 6.45) is -2.74. The van der Waals surface area contributed by atoms with E-state index in [2.05, 4.69) is 15.0 Å². The Hall–Kier alpha value is -2.81. The highest BCUT2D eigenvalue weighted by molar-refractivity contribution is 5.44. The molecule has 0 N–H and O–H groups in total. The molecule has 160 valence electrons. The van der Waals surface area contributed by atoms with Crippen molar-refractivity contribution >= 4 is 5.65 Å². The quantitative estimate of drug-likeness (QED) is 0.612. The van der Waals surface area contributed by atoms with E-state index in [9.17, 15) is 13.2 Å². The van der Waals surface area contributed by atoms with Crippen molar-refractivity contribution in [3.05, 3.63) is 53.0 Å². The Morgan fingerprint density at radius 2 is 1.93 bits per heavy atom. The molecule has 3 heterocycles. The molecule has 1 unspecified atom stereocenters. The summed E-state index contributed by atoms with van der Waals surface area (Å²) < 4.78 is 52.1. The number of fused-ring (bicyclic) bond motifs is 1. The van der Waals surface area contributed by atoms with Crippen LogP contribution in [0.5, 0.6) is 11.5 Å². The van der Waals surface area contributed by atoms with Crippen molar-refractivity contribution in [2.45, 2.75) is 38.5 Å². The van der Waals surface area contributed by atoms with Crippen molar-refractivity contribution in [3.63, 3.8) is 0 Å². The number of hydrogen-bond donors (Lipinski definition) is 0. The standard InChI is InChI=1S/C21H23F3N4O2/c1-13-9-19(21(22,23)24)28-20(25-13)11-16(26-28)17-5-4-8-27(17)12-14-6-7-15(29-2)10-18(14)30-3/h6-7,9-11,17H,4-5,8,12H2,1-3H3. The lowest BCUT2D eigenvalue weighted by atomic mass is 10.1. The van der Waals surface area contributed by atoms with Gasteiger partial charge < -0.3 is 9.47 Å². The van der Waals surface area contributed by atoms with Crippen LogP contribution in [-0.2, 0) is 12.7 Å². The monoisotopic (exact) mass is 420 g/mol. The van der Waals surface area contributed by atoms with E-state index in [1.165, 1.54) is 0 Å². The summed E-state index contributed by atoms with van der Waals surface area (Å²) in [7, 11) is 3.20. The second-order valence-electron chi connectivity index (χ2n) is 7.43. The molecule has 0 spiro atoms. The summed E-state index contributed by atoms with van der Waals surface area (Å²) in [5.74, 6) is 1.42. The van der Waals surface area contributed by atoms with Gasteiger partial charge in [0.2, 0.25) is 0 Å². The largest absolute Gasteiger partial charge is 0.497 e. The minimum atomic E-state index is -4.50. The predicted octanol–water partition coefficient (Wildman–Crippen LogP) is 4.41. The fourth-order valence-electron chi connectivity index (χ4n) is 4.03. The van der Waals surface area contributed by atoms with Gasteiger partial charge in [-0.1, -0.05) is 6.07 Å². The number of benzene rings is 1. The molecular weight excluding hydrogens is 397 g/mol. The lowest BCUT2D eigenvalue weighted by molar-refractivity contribution is -0.142. The summed E-state index contributed by atoms with van der Waals surface area (Å²) in [5, 5.41) is 4.31. The molecule has 30 heavy (non-hydrogen) atoms. The minimum absolute atomic E-state index is 0.0834. The van der Waals surface area contributed by atoms with E-state index < -0.39 is 11.9 Å². The maximum Gasteiger partial charge on any atom is 0.433 e. The van der Waals surface area contributed by atoms with Crippen molar-refractivity contribution < 1.29 is 22.6 Å². The fourth-order valence-corrected chi connectivity index (χ4v) is 4.03. The first-order valence-electron chi connectivity index (χ1n) is 9.69. The molecule has 1 aliphatic heterocycles. The zero-order valence-corrected chi connectivity index (χ0v) is 17.0. The predicted molar refractivity (Wildman–Crippen MR) is 105 cm³/mol. The molecule has 0 saturated carbocycles.